The van der Waals surface area contributed by atoms with Gasteiger partial charge < -0.3 is 14.6 Å². The van der Waals surface area contributed by atoms with Gasteiger partial charge in [-0.3, -0.25) is 4.79 Å². The van der Waals surface area contributed by atoms with Gasteiger partial charge in [0.15, 0.2) is 5.79 Å². The molecule has 3 rings (SSSR count). The van der Waals surface area contributed by atoms with E-state index in [1.165, 1.54) is 0 Å². The van der Waals surface area contributed by atoms with Gasteiger partial charge in [0.1, 0.15) is 5.78 Å². The van der Waals surface area contributed by atoms with Gasteiger partial charge in [-0.2, -0.15) is 0 Å². The van der Waals surface area contributed by atoms with E-state index < -0.39 is 5.79 Å². The quantitative estimate of drug-likeness (QED) is 0.701. The van der Waals surface area contributed by atoms with Crippen LogP contribution in [0.4, 0.5) is 0 Å². The highest BCUT2D eigenvalue weighted by Gasteiger charge is 2.56. The summed E-state index contributed by atoms with van der Waals surface area (Å²) in [5.41, 5.74) is 0.0901. The van der Waals surface area contributed by atoms with E-state index in [2.05, 4.69) is 20.8 Å². The molecule has 0 radical (unpaired) electrons. The van der Waals surface area contributed by atoms with Crippen LogP contribution in [0.2, 0.25) is 0 Å². The number of ether oxygens (including phenoxy) is 2. The maximum absolute atomic E-state index is 12.1. The number of hydrogen-bond acceptors (Lipinski definition) is 4. The van der Waals surface area contributed by atoms with Crippen molar-refractivity contribution in [2.24, 2.45) is 23.2 Å². The molecule has 1 heterocycles. The summed E-state index contributed by atoms with van der Waals surface area (Å²) in [6.07, 6.45) is 7.84. The minimum Gasteiger partial charge on any atom is -0.393 e. The average Bonchev–Trinajstić information content (AvgIpc) is 3.03. The second-order valence-electron chi connectivity index (χ2n) is 9.49. The van der Waals surface area contributed by atoms with Crippen LogP contribution in [0.15, 0.2) is 0 Å². The van der Waals surface area contributed by atoms with E-state index in [1.807, 2.05) is 0 Å². The summed E-state index contributed by atoms with van der Waals surface area (Å²) < 4.78 is 12.4. The number of Topliss-reactive ketones (excluding diaryl/α,β-unsaturated/α-hetero) is 1. The van der Waals surface area contributed by atoms with E-state index in [1.54, 1.807) is 0 Å². The molecule has 2 aliphatic carbocycles. The summed E-state index contributed by atoms with van der Waals surface area (Å²) in [5.74, 6) is 1.11. The number of fused-ring (bicyclic) bond motifs is 1. The molecule has 1 saturated heterocycles. The van der Waals surface area contributed by atoms with E-state index in [0.717, 1.165) is 58.2 Å². The number of carbonyl (C=O) groups is 1. The summed E-state index contributed by atoms with van der Waals surface area (Å²) in [6.45, 7) is 8.00. The number of aliphatic hydroxyl groups excluding tert-OH is 1. The fraction of sp³-hybridized carbons (Fsp3) is 0.952. The molecule has 0 aromatic heterocycles. The van der Waals surface area contributed by atoms with Gasteiger partial charge >= 0.3 is 0 Å². The minimum atomic E-state index is -0.422. The molecule has 1 spiro atoms. The normalized spacial score (nSPS) is 35.8. The summed E-state index contributed by atoms with van der Waals surface area (Å²) in [5, 5.41) is 10.5. The third kappa shape index (κ3) is 4.45. The van der Waals surface area contributed by atoms with Crippen molar-refractivity contribution in [3.8, 4) is 0 Å². The molecule has 3 aliphatic rings. The van der Waals surface area contributed by atoms with Gasteiger partial charge in [0.2, 0.25) is 0 Å². The highest BCUT2D eigenvalue weighted by molar-refractivity contribution is 5.78. The molecule has 0 aromatic rings. The van der Waals surface area contributed by atoms with Gasteiger partial charge in [0.05, 0.1) is 19.3 Å². The van der Waals surface area contributed by atoms with Crippen LogP contribution >= 0.6 is 0 Å². The molecule has 1 N–H and O–H groups in total. The second kappa shape index (κ2) is 7.66. The van der Waals surface area contributed by atoms with Gasteiger partial charge in [0.25, 0.3) is 0 Å². The van der Waals surface area contributed by atoms with Crippen molar-refractivity contribution in [3.05, 3.63) is 0 Å². The first kappa shape index (κ1) is 19.3. The predicted molar refractivity (Wildman–Crippen MR) is 97.1 cm³/mol. The highest BCUT2D eigenvalue weighted by atomic mass is 16.7. The van der Waals surface area contributed by atoms with Crippen molar-refractivity contribution in [3.63, 3.8) is 0 Å². The standard InChI is InChI=1S/C21H36O4/c1-4-5-6-7-16(22)8-9-17-18-12-21(11-15(18)10-19(17)23)24-13-20(2,3)14-25-21/h15,17-19,23H,4-14H2,1-3H3/t15?,17?,18-,19+/m0/s1. The molecule has 2 unspecified atom stereocenters. The van der Waals surface area contributed by atoms with Gasteiger partial charge in [-0.15, -0.1) is 0 Å². The van der Waals surface area contributed by atoms with Crippen LogP contribution in [0, 0.1) is 23.2 Å². The smallest absolute Gasteiger partial charge is 0.168 e. The maximum Gasteiger partial charge on any atom is 0.168 e. The van der Waals surface area contributed by atoms with Crippen LogP contribution in [0.1, 0.15) is 78.6 Å². The number of unbranched alkanes of at least 4 members (excludes halogenated alkanes) is 2. The van der Waals surface area contributed by atoms with Crippen LogP contribution in [0.3, 0.4) is 0 Å². The topological polar surface area (TPSA) is 55.8 Å². The van der Waals surface area contributed by atoms with Crippen LogP contribution in [-0.4, -0.2) is 36.0 Å². The van der Waals surface area contributed by atoms with Crippen molar-refractivity contribution in [2.75, 3.05) is 13.2 Å². The van der Waals surface area contributed by atoms with Crippen LogP contribution in [0.5, 0.6) is 0 Å². The predicted octanol–water partition coefficient (Wildman–Crippen LogP) is 4.09. The summed E-state index contributed by atoms with van der Waals surface area (Å²) >= 11 is 0. The molecular formula is C21H36O4. The maximum atomic E-state index is 12.1. The number of ketones is 1. The number of rotatable bonds is 7. The average molecular weight is 353 g/mol. The van der Waals surface area contributed by atoms with E-state index in [9.17, 15) is 9.90 Å². The zero-order valence-electron chi connectivity index (χ0n) is 16.3. The Hall–Kier alpha value is -0.450. The fourth-order valence-electron chi connectivity index (χ4n) is 5.09. The SMILES string of the molecule is CCCCCC(=O)CCC1[C@H]2CC3(CC2C[C@H]1O)OCC(C)(C)CO3. The zero-order chi connectivity index (χ0) is 18.1. The van der Waals surface area contributed by atoms with Crippen molar-refractivity contribution < 1.29 is 19.4 Å². The van der Waals surface area contributed by atoms with Crippen molar-refractivity contribution in [2.45, 2.75) is 90.4 Å². The Bertz CT molecular complexity index is 463. The number of aliphatic hydroxyl groups is 1. The largest absolute Gasteiger partial charge is 0.393 e. The molecule has 4 nitrogen and oxygen atoms in total. The van der Waals surface area contributed by atoms with Gasteiger partial charge in [-0.1, -0.05) is 33.6 Å². The third-order valence-electron chi connectivity index (χ3n) is 6.58. The number of carbonyl (C=O) groups excluding carboxylic acids is 1. The van der Waals surface area contributed by atoms with Crippen molar-refractivity contribution >= 4 is 5.78 Å². The van der Waals surface area contributed by atoms with Crippen LogP contribution in [0.25, 0.3) is 0 Å². The van der Waals surface area contributed by atoms with E-state index in [0.29, 0.717) is 30.5 Å². The lowest BCUT2D eigenvalue weighted by molar-refractivity contribution is -0.298. The van der Waals surface area contributed by atoms with E-state index in [-0.39, 0.29) is 17.4 Å². The van der Waals surface area contributed by atoms with Crippen molar-refractivity contribution in [1.29, 1.82) is 0 Å². The van der Waals surface area contributed by atoms with Gasteiger partial charge in [0, 0.05) is 31.1 Å². The monoisotopic (exact) mass is 352 g/mol. The van der Waals surface area contributed by atoms with Crippen molar-refractivity contribution in [1.82, 2.24) is 0 Å². The molecular weight excluding hydrogens is 316 g/mol. The Labute approximate surface area is 152 Å². The molecule has 0 aromatic carbocycles. The molecule has 3 fully saturated rings. The van der Waals surface area contributed by atoms with E-state index in [4.69, 9.17) is 9.47 Å². The summed E-state index contributed by atoms with van der Waals surface area (Å²) in [6, 6.07) is 0. The Kier molecular flexibility index (Phi) is 5.92. The third-order valence-corrected chi connectivity index (χ3v) is 6.58. The molecule has 144 valence electrons. The molecule has 25 heavy (non-hydrogen) atoms. The summed E-state index contributed by atoms with van der Waals surface area (Å²) in [4.78, 5) is 12.1. The van der Waals surface area contributed by atoms with E-state index >= 15 is 0 Å². The Balaban J connectivity index is 1.52. The van der Waals surface area contributed by atoms with Crippen LogP contribution in [-0.2, 0) is 14.3 Å². The van der Waals surface area contributed by atoms with Gasteiger partial charge in [-0.25, -0.2) is 0 Å². The van der Waals surface area contributed by atoms with Gasteiger partial charge in [-0.05, 0) is 37.0 Å². The first-order valence-corrected chi connectivity index (χ1v) is 10.3. The fourth-order valence-corrected chi connectivity index (χ4v) is 5.09. The summed E-state index contributed by atoms with van der Waals surface area (Å²) in [7, 11) is 0. The minimum absolute atomic E-state index is 0.0901. The highest BCUT2D eigenvalue weighted by Crippen LogP contribution is 2.55. The molecule has 4 heteroatoms. The first-order valence-electron chi connectivity index (χ1n) is 10.3. The lowest BCUT2D eigenvalue weighted by atomic mass is 9.86. The Morgan fingerprint density at radius 3 is 2.52 bits per heavy atom. The first-order chi connectivity index (χ1) is 11.8. The molecule has 0 amide bonds. The molecule has 1 aliphatic heterocycles. The molecule has 4 atom stereocenters. The Morgan fingerprint density at radius 1 is 1.12 bits per heavy atom. The number of hydrogen-bond donors (Lipinski definition) is 1. The lowest BCUT2D eigenvalue weighted by Gasteiger charge is -2.42. The lowest BCUT2D eigenvalue weighted by Crippen LogP contribution is -2.46. The molecule has 2 saturated carbocycles. The molecule has 0 bridgehead atoms. The second-order valence-corrected chi connectivity index (χ2v) is 9.49. The Morgan fingerprint density at radius 2 is 1.84 bits per heavy atom. The van der Waals surface area contributed by atoms with Crippen LogP contribution < -0.4 is 0 Å². The zero-order valence-corrected chi connectivity index (χ0v) is 16.3.